The standard InChI is InChI=1S/C25H27N3O5S/c1-15-16(2)27-33-24(15)28-34(30,31)20-9-7-19(8-10-20)26-23(29)12-17-14-32-22-11-6-18(13-21(17)22)25(3,4)5/h6-11,13-14,28H,12H2,1-5H3,(H,26,29). The number of rotatable bonds is 6. The summed E-state index contributed by atoms with van der Waals surface area (Å²) < 4.78 is 38.3. The third-order valence-electron chi connectivity index (χ3n) is 5.70. The Labute approximate surface area is 198 Å². The Kier molecular flexibility index (Phi) is 5.99. The van der Waals surface area contributed by atoms with E-state index in [1.165, 1.54) is 24.3 Å². The number of hydrogen-bond donors (Lipinski definition) is 2. The topological polar surface area (TPSA) is 114 Å². The summed E-state index contributed by atoms with van der Waals surface area (Å²) in [5.41, 5.74) is 4.37. The highest BCUT2D eigenvalue weighted by atomic mass is 32.2. The van der Waals surface area contributed by atoms with E-state index < -0.39 is 10.0 Å². The number of nitrogens with one attached hydrogen (secondary N) is 2. The van der Waals surface area contributed by atoms with E-state index in [1.807, 2.05) is 12.1 Å². The molecule has 178 valence electrons. The third kappa shape index (κ3) is 4.84. The molecule has 4 rings (SSSR count). The van der Waals surface area contributed by atoms with Crippen LogP contribution in [0.25, 0.3) is 11.0 Å². The number of aryl methyl sites for hydroxylation is 1. The fourth-order valence-corrected chi connectivity index (χ4v) is 4.52. The second kappa shape index (κ2) is 8.64. The first-order valence-electron chi connectivity index (χ1n) is 10.8. The molecule has 0 unspecified atom stereocenters. The summed E-state index contributed by atoms with van der Waals surface area (Å²) in [6, 6.07) is 11.9. The van der Waals surface area contributed by atoms with E-state index in [0.717, 1.165) is 22.1 Å². The second-order valence-corrected chi connectivity index (χ2v) is 11.0. The van der Waals surface area contributed by atoms with Crippen LogP contribution in [0.5, 0.6) is 0 Å². The van der Waals surface area contributed by atoms with Gasteiger partial charge in [0, 0.05) is 22.2 Å². The first-order valence-corrected chi connectivity index (χ1v) is 12.3. The molecule has 34 heavy (non-hydrogen) atoms. The molecule has 2 aromatic heterocycles. The van der Waals surface area contributed by atoms with Gasteiger partial charge in [-0.25, -0.2) is 13.1 Å². The van der Waals surface area contributed by atoms with E-state index >= 15 is 0 Å². The minimum atomic E-state index is -3.86. The number of hydrogen-bond acceptors (Lipinski definition) is 6. The average Bonchev–Trinajstić information content (AvgIpc) is 3.31. The van der Waals surface area contributed by atoms with Gasteiger partial charge in [0.25, 0.3) is 10.0 Å². The Hall–Kier alpha value is -3.59. The highest BCUT2D eigenvalue weighted by Gasteiger charge is 2.20. The molecule has 0 radical (unpaired) electrons. The van der Waals surface area contributed by atoms with Crippen LogP contribution < -0.4 is 10.0 Å². The Balaban J connectivity index is 1.46. The van der Waals surface area contributed by atoms with Crippen molar-refractivity contribution in [2.75, 3.05) is 10.0 Å². The van der Waals surface area contributed by atoms with E-state index in [0.29, 0.717) is 16.9 Å². The SMILES string of the molecule is Cc1noc(NS(=O)(=O)c2ccc(NC(=O)Cc3coc4ccc(C(C)(C)C)cc34)cc2)c1C. The van der Waals surface area contributed by atoms with Crippen LogP contribution in [-0.2, 0) is 26.7 Å². The van der Waals surface area contributed by atoms with E-state index in [1.54, 1.807) is 20.1 Å². The lowest BCUT2D eigenvalue weighted by Crippen LogP contribution is -2.15. The number of furan rings is 1. The number of nitrogens with zero attached hydrogens (tertiary/aromatic N) is 1. The smallest absolute Gasteiger partial charge is 0.264 e. The Morgan fingerprint density at radius 3 is 2.38 bits per heavy atom. The lowest BCUT2D eigenvalue weighted by molar-refractivity contribution is -0.115. The average molecular weight is 482 g/mol. The Bertz CT molecular complexity index is 1460. The molecule has 0 saturated carbocycles. The van der Waals surface area contributed by atoms with Gasteiger partial charge in [-0.1, -0.05) is 32.0 Å². The van der Waals surface area contributed by atoms with Crippen LogP contribution >= 0.6 is 0 Å². The summed E-state index contributed by atoms with van der Waals surface area (Å²) in [6.45, 7) is 9.84. The van der Waals surface area contributed by atoms with Crippen molar-refractivity contribution < 1.29 is 22.2 Å². The zero-order valence-electron chi connectivity index (χ0n) is 19.7. The van der Waals surface area contributed by atoms with Crippen molar-refractivity contribution >= 4 is 38.5 Å². The van der Waals surface area contributed by atoms with Crippen LogP contribution in [0.3, 0.4) is 0 Å². The molecule has 9 heteroatoms. The first kappa shape index (κ1) is 23.6. The van der Waals surface area contributed by atoms with Crippen molar-refractivity contribution in [3.8, 4) is 0 Å². The highest BCUT2D eigenvalue weighted by Crippen LogP contribution is 2.29. The quantitative estimate of drug-likeness (QED) is 0.385. The van der Waals surface area contributed by atoms with Crippen molar-refractivity contribution in [1.29, 1.82) is 0 Å². The number of aromatic nitrogens is 1. The molecule has 1 amide bonds. The van der Waals surface area contributed by atoms with Gasteiger partial charge in [0.1, 0.15) is 5.58 Å². The summed E-state index contributed by atoms with van der Waals surface area (Å²) in [5, 5.41) is 7.47. The molecule has 0 atom stereocenters. The maximum Gasteiger partial charge on any atom is 0.264 e. The second-order valence-electron chi connectivity index (χ2n) is 9.30. The molecule has 0 aliphatic rings. The first-order chi connectivity index (χ1) is 15.9. The summed E-state index contributed by atoms with van der Waals surface area (Å²) in [7, 11) is -3.86. The van der Waals surface area contributed by atoms with Crippen molar-refractivity contribution in [1.82, 2.24) is 5.16 Å². The number of sulfonamides is 1. The maximum absolute atomic E-state index is 12.7. The fourth-order valence-electron chi connectivity index (χ4n) is 3.47. The van der Waals surface area contributed by atoms with Gasteiger partial charge >= 0.3 is 0 Å². The molecule has 2 heterocycles. The van der Waals surface area contributed by atoms with Gasteiger partial charge in [-0.15, -0.1) is 0 Å². The summed E-state index contributed by atoms with van der Waals surface area (Å²) >= 11 is 0. The molecule has 0 aliphatic heterocycles. The zero-order valence-corrected chi connectivity index (χ0v) is 20.5. The molecule has 2 aromatic carbocycles. The number of benzene rings is 2. The van der Waals surface area contributed by atoms with Crippen molar-refractivity contribution in [2.24, 2.45) is 0 Å². The maximum atomic E-state index is 12.7. The van der Waals surface area contributed by atoms with Gasteiger partial charge in [-0.2, -0.15) is 0 Å². The van der Waals surface area contributed by atoms with Gasteiger partial charge < -0.3 is 14.3 Å². The van der Waals surface area contributed by atoms with Gasteiger partial charge in [-0.3, -0.25) is 4.79 Å². The molecule has 8 nitrogen and oxygen atoms in total. The molecule has 2 N–H and O–H groups in total. The molecule has 0 spiro atoms. The van der Waals surface area contributed by atoms with Crippen LogP contribution in [0, 0.1) is 13.8 Å². The molecule has 0 bridgehead atoms. The van der Waals surface area contributed by atoms with E-state index in [4.69, 9.17) is 8.94 Å². The summed E-state index contributed by atoms with van der Waals surface area (Å²) in [6.07, 6.45) is 1.73. The minimum absolute atomic E-state index is 0.0209. The van der Waals surface area contributed by atoms with Crippen LogP contribution in [0.15, 0.2) is 62.6 Å². The number of anilines is 2. The minimum Gasteiger partial charge on any atom is -0.464 e. The largest absolute Gasteiger partial charge is 0.464 e. The van der Waals surface area contributed by atoms with Crippen molar-refractivity contribution in [3.63, 3.8) is 0 Å². The van der Waals surface area contributed by atoms with E-state index in [9.17, 15) is 13.2 Å². The van der Waals surface area contributed by atoms with Crippen LogP contribution in [0.2, 0.25) is 0 Å². The third-order valence-corrected chi connectivity index (χ3v) is 7.05. The number of amides is 1. The van der Waals surface area contributed by atoms with E-state index in [-0.39, 0.29) is 28.5 Å². The van der Waals surface area contributed by atoms with Gasteiger partial charge in [0.2, 0.25) is 11.8 Å². The van der Waals surface area contributed by atoms with Crippen LogP contribution in [-0.4, -0.2) is 19.5 Å². The normalized spacial score (nSPS) is 12.1. The molecule has 0 fully saturated rings. The zero-order chi connectivity index (χ0) is 24.7. The van der Waals surface area contributed by atoms with Crippen LogP contribution in [0.1, 0.15) is 43.2 Å². The van der Waals surface area contributed by atoms with Gasteiger partial charge in [0.15, 0.2) is 0 Å². The molecule has 0 saturated heterocycles. The summed E-state index contributed by atoms with van der Waals surface area (Å²) in [5.74, 6) is -0.151. The number of fused-ring (bicyclic) bond motifs is 1. The van der Waals surface area contributed by atoms with Crippen molar-refractivity contribution in [3.05, 3.63) is 71.1 Å². The number of carbonyl (C=O) groups excluding carboxylic acids is 1. The molecular weight excluding hydrogens is 454 g/mol. The van der Waals surface area contributed by atoms with Crippen LogP contribution in [0.4, 0.5) is 11.6 Å². The summed E-state index contributed by atoms with van der Waals surface area (Å²) in [4.78, 5) is 12.7. The lowest BCUT2D eigenvalue weighted by atomic mass is 9.86. The molecular formula is C25H27N3O5S. The molecule has 4 aromatic rings. The Morgan fingerprint density at radius 2 is 1.76 bits per heavy atom. The lowest BCUT2D eigenvalue weighted by Gasteiger charge is -2.18. The van der Waals surface area contributed by atoms with Gasteiger partial charge in [-0.05, 0) is 61.2 Å². The number of carbonyl (C=O) groups is 1. The van der Waals surface area contributed by atoms with E-state index in [2.05, 4.69) is 42.0 Å². The van der Waals surface area contributed by atoms with Crippen molar-refractivity contribution in [2.45, 2.75) is 51.3 Å². The predicted octanol–water partition coefficient (Wildman–Crippen LogP) is 5.32. The predicted molar refractivity (Wildman–Crippen MR) is 130 cm³/mol. The molecule has 0 aliphatic carbocycles. The fraction of sp³-hybridized carbons (Fsp3) is 0.280. The Morgan fingerprint density at radius 1 is 1.06 bits per heavy atom. The monoisotopic (exact) mass is 481 g/mol. The van der Waals surface area contributed by atoms with Gasteiger partial charge in [0.05, 0.1) is 23.3 Å². The highest BCUT2D eigenvalue weighted by molar-refractivity contribution is 7.92.